The molecule has 0 aromatic carbocycles. The molecule has 1 aromatic rings. The van der Waals surface area contributed by atoms with Gasteiger partial charge in [-0.2, -0.15) is 0 Å². The zero-order valence-electron chi connectivity index (χ0n) is 7.83. The Morgan fingerprint density at radius 3 is 3.08 bits per heavy atom. The molecule has 1 heterocycles. The Hall–Kier alpha value is -1.31. The summed E-state index contributed by atoms with van der Waals surface area (Å²) in [5, 5.41) is 0. The van der Waals surface area contributed by atoms with Crippen LogP contribution in [-0.2, 0) is 6.42 Å². The molecule has 0 saturated carbocycles. The van der Waals surface area contributed by atoms with Crippen molar-refractivity contribution in [2.24, 2.45) is 5.41 Å². The molecule has 13 heavy (non-hydrogen) atoms. The van der Waals surface area contributed by atoms with Crippen molar-refractivity contribution in [3.63, 3.8) is 0 Å². The van der Waals surface area contributed by atoms with Crippen LogP contribution in [0.4, 0.5) is 0 Å². The molecule has 0 amide bonds. The Morgan fingerprint density at radius 2 is 2.46 bits per heavy atom. The van der Waals surface area contributed by atoms with E-state index in [1.807, 2.05) is 6.20 Å². The van der Waals surface area contributed by atoms with Crippen LogP contribution in [0.25, 0.3) is 0 Å². The van der Waals surface area contributed by atoms with Crippen molar-refractivity contribution < 1.29 is 0 Å². The molecule has 0 bridgehead atoms. The molecule has 2 rings (SSSR count). The maximum Gasteiger partial charge on any atom is 0.106 e. The van der Waals surface area contributed by atoms with E-state index in [1.165, 1.54) is 0 Å². The lowest BCUT2D eigenvalue weighted by Gasteiger charge is -2.25. The van der Waals surface area contributed by atoms with Gasteiger partial charge in [0.05, 0.1) is 0 Å². The summed E-state index contributed by atoms with van der Waals surface area (Å²) in [7, 11) is 0. The van der Waals surface area contributed by atoms with Crippen LogP contribution in [0.1, 0.15) is 19.2 Å². The average Bonchev–Trinajstić information content (AvgIpc) is 2.57. The minimum Gasteiger partial charge on any atom is -0.349 e. The highest BCUT2D eigenvalue weighted by molar-refractivity contribution is 5.17. The van der Waals surface area contributed by atoms with Gasteiger partial charge in [-0.1, -0.05) is 31.2 Å². The van der Waals surface area contributed by atoms with Gasteiger partial charge in [0.2, 0.25) is 0 Å². The first-order valence-electron chi connectivity index (χ1n) is 4.61. The number of imidazole rings is 1. The molecular formula is C11H14N2. The number of hydrogen-bond acceptors (Lipinski definition) is 1. The lowest BCUT2D eigenvalue weighted by atomic mass is 9.80. The van der Waals surface area contributed by atoms with E-state index in [0.717, 1.165) is 18.7 Å². The standard InChI is InChI=1S/C11H14N2/c1-11(5-3-2-4-6-11)9-10-12-7-8-13-10/h2-5,7-8H,6,9H2,1H3,(H,12,13). The molecule has 0 fully saturated rings. The second-order valence-electron chi connectivity index (χ2n) is 3.86. The SMILES string of the molecule is CC1(Cc2ncc[nH]2)C=CC=CC1. The molecule has 1 aromatic heterocycles. The molecule has 1 atom stereocenters. The van der Waals surface area contributed by atoms with Gasteiger partial charge in [0.15, 0.2) is 0 Å². The Morgan fingerprint density at radius 1 is 1.54 bits per heavy atom. The van der Waals surface area contributed by atoms with Crippen LogP contribution in [0.5, 0.6) is 0 Å². The van der Waals surface area contributed by atoms with Crippen LogP contribution in [0.15, 0.2) is 36.7 Å². The van der Waals surface area contributed by atoms with Crippen molar-refractivity contribution in [1.82, 2.24) is 9.97 Å². The summed E-state index contributed by atoms with van der Waals surface area (Å²) in [5.41, 5.74) is 0.243. The molecule has 0 saturated heterocycles. The lowest BCUT2D eigenvalue weighted by molar-refractivity contribution is 0.418. The van der Waals surface area contributed by atoms with Gasteiger partial charge in [-0.25, -0.2) is 4.98 Å². The number of allylic oxidation sites excluding steroid dienone is 4. The van der Waals surface area contributed by atoms with Gasteiger partial charge in [-0.05, 0) is 11.8 Å². The maximum absolute atomic E-state index is 4.24. The molecule has 0 radical (unpaired) electrons. The van der Waals surface area contributed by atoms with E-state index in [9.17, 15) is 0 Å². The number of rotatable bonds is 2. The van der Waals surface area contributed by atoms with E-state index in [4.69, 9.17) is 0 Å². The van der Waals surface area contributed by atoms with Gasteiger partial charge in [0.25, 0.3) is 0 Å². The van der Waals surface area contributed by atoms with E-state index in [2.05, 4.69) is 41.2 Å². The third-order valence-electron chi connectivity index (χ3n) is 2.46. The summed E-state index contributed by atoms with van der Waals surface area (Å²) >= 11 is 0. The monoisotopic (exact) mass is 174 g/mol. The van der Waals surface area contributed by atoms with Gasteiger partial charge in [-0.15, -0.1) is 0 Å². The number of aromatic nitrogens is 2. The van der Waals surface area contributed by atoms with Gasteiger partial charge in [-0.3, -0.25) is 0 Å². The lowest BCUT2D eigenvalue weighted by Crippen LogP contribution is -2.17. The van der Waals surface area contributed by atoms with E-state index in [1.54, 1.807) is 6.20 Å². The van der Waals surface area contributed by atoms with Crippen LogP contribution in [0.2, 0.25) is 0 Å². The van der Waals surface area contributed by atoms with Gasteiger partial charge in [0, 0.05) is 18.8 Å². The first kappa shape index (κ1) is 8.30. The highest BCUT2D eigenvalue weighted by Crippen LogP contribution is 2.30. The Kier molecular flexibility index (Phi) is 2.05. The summed E-state index contributed by atoms with van der Waals surface area (Å²) in [6.45, 7) is 2.26. The fourth-order valence-electron chi connectivity index (χ4n) is 1.68. The van der Waals surface area contributed by atoms with Crippen LogP contribution in [0, 0.1) is 5.41 Å². The molecule has 2 nitrogen and oxygen atoms in total. The topological polar surface area (TPSA) is 28.7 Å². The molecule has 1 N–H and O–H groups in total. The van der Waals surface area contributed by atoms with Crippen LogP contribution in [-0.4, -0.2) is 9.97 Å². The molecule has 0 spiro atoms. The highest BCUT2D eigenvalue weighted by Gasteiger charge is 2.22. The Labute approximate surface area is 78.4 Å². The number of H-pyrrole nitrogens is 1. The Balaban J connectivity index is 2.09. The fraction of sp³-hybridized carbons (Fsp3) is 0.364. The second kappa shape index (κ2) is 3.21. The average molecular weight is 174 g/mol. The summed E-state index contributed by atoms with van der Waals surface area (Å²) in [6, 6.07) is 0. The minimum absolute atomic E-state index is 0.243. The summed E-state index contributed by atoms with van der Waals surface area (Å²) in [5.74, 6) is 1.07. The van der Waals surface area contributed by atoms with Crippen molar-refractivity contribution in [3.05, 3.63) is 42.5 Å². The quantitative estimate of drug-likeness (QED) is 0.733. The maximum atomic E-state index is 4.24. The zero-order chi connectivity index (χ0) is 9.15. The predicted octanol–water partition coefficient (Wildman–Crippen LogP) is 2.47. The minimum atomic E-state index is 0.243. The molecule has 1 aliphatic carbocycles. The number of hydrogen-bond donors (Lipinski definition) is 1. The molecule has 0 aliphatic heterocycles. The van der Waals surface area contributed by atoms with Crippen molar-refractivity contribution in [3.8, 4) is 0 Å². The van der Waals surface area contributed by atoms with Crippen molar-refractivity contribution in [2.75, 3.05) is 0 Å². The molecule has 68 valence electrons. The normalized spacial score (nSPS) is 26.5. The van der Waals surface area contributed by atoms with E-state index < -0.39 is 0 Å². The van der Waals surface area contributed by atoms with Crippen molar-refractivity contribution in [2.45, 2.75) is 19.8 Å². The van der Waals surface area contributed by atoms with E-state index in [-0.39, 0.29) is 5.41 Å². The molecule has 1 unspecified atom stereocenters. The van der Waals surface area contributed by atoms with Gasteiger partial charge >= 0.3 is 0 Å². The highest BCUT2D eigenvalue weighted by atomic mass is 14.9. The molecule has 1 aliphatic rings. The van der Waals surface area contributed by atoms with E-state index >= 15 is 0 Å². The first-order chi connectivity index (χ1) is 6.29. The van der Waals surface area contributed by atoms with Crippen LogP contribution >= 0.6 is 0 Å². The summed E-state index contributed by atoms with van der Waals surface area (Å²) < 4.78 is 0. The predicted molar refractivity (Wildman–Crippen MR) is 53.3 cm³/mol. The van der Waals surface area contributed by atoms with Gasteiger partial charge < -0.3 is 4.98 Å². The number of nitrogens with one attached hydrogen (secondary N) is 1. The number of nitrogens with zero attached hydrogens (tertiary/aromatic N) is 1. The van der Waals surface area contributed by atoms with Crippen molar-refractivity contribution >= 4 is 0 Å². The first-order valence-corrected chi connectivity index (χ1v) is 4.61. The number of aromatic amines is 1. The molecule has 2 heteroatoms. The third-order valence-corrected chi connectivity index (χ3v) is 2.46. The second-order valence-corrected chi connectivity index (χ2v) is 3.86. The summed E-state index contributed by atoms with van der Waals surface area (Å²) in [6.07, 6.45) is 14.5. The Bertz CT molecular complexity index is 322. The zero-order valence-corrected chi connectivity index (χ0v) is 7.83. The smallest absolute Gasteiger partial charge is 0.106 e. The van der Waals surface area contributed by atoms with E-state index in [0.29, 0.717) is 0 Å². The molecular weight excluding hydrogens is 160 g/mol. The third kappa shape index (κ3) is 1.89. The van der Waals surface area contributed by atoms with Gasteiger partial charge in [0.1, 0.15) is 5.82 Å². The van der Waals surface area contributed by atoms with Crippen molar-refractivity contribution in [1.29, 1.82) is 0 Å². The van der Waals surface area contributed by atoms with Crippen LogP contribution < -0.4 is 0 Å². The van der Waals surface area contributed by atoms with Crippen LogP contribution in [0.3, 0.4) is 0 Å². The largest absolute Gasteiger partial charge is 0.349 e. The summed E-state index contributed by atoms with van der Waals surface area (Å²) in [4.78, 5) is 7.38. The fourth-order valence-corrected chi connectivity index (χ4v) is 1.68.